The summed E-state index contributed by atoms with van der Waals surface area (Å²) in [5.74, 6) is 0. The van der Waals surface area contributed by atoms with Crippen LogP contribution in [0.25, 0.3) is 0 Å². The third kappa shape index (κ3) is 5.80. The maximum atomic E-state index is 12.1. The highest BCUT2D eigenvalue weighted by Gasteiger charge is 2.22. The quantitative estimate of drug-likeness (QED) is 0.773. The summed E-state index contributed by atoms with van der Waals surface area (Å²) in [7, 11) is 4.21. The van der Waals surface area contributed by atoms with Gasteiger partial charge >= 0.3 is 6.03 Å². The molecule has 1 N–H and O–H groups in total. The van der Waals surface area contributed by atoms with Gasteiger partial charge in [0.05, 0.1) is 6.10 Å². The van der Waals surface area contributed by atoms with Gasteiger partial charge in [0, 0.05) is 39.3 Å². The van der Waals surface area contributed by atoms with Gasteiger partial charge in [-0.3, -0.25) is 4.90 Å². The van der Waals surface area contributed by atoms with E-state index in [1.165, 1.54) is 6.42 Å². The summed E-state index contributed by atoms with van der Waals surface area (Å²) >= 11 is 0. The standard InChI is InChI=1S/C15H30N4O2/c1-17(2)6-4-7-18-8-10-19(11-9-18)15(20)16-13-14-5-3-12-21-14/h14H,3-13H2,1-2H3,(H,16,20). The molecule has 2 rings (SSSR count). The predicted molar refractivity (Wildman–Crippen MR) is 83.6 cm³/mol. The summed E-state index contributed by atoms with van der Waals surface area (Å²) in [5, 5.41) is 3.00. The summed E-state index contributed by atoms with van der Waals surface area (Å²) in [4.78, 5) is 18.7. The summed E-state index contributed by atoms with van der Waals surface area (Å²) in [6.07, 6.45) is 3.60. The minimum Gasteiger partial charge on any atom is -0.376 e. The third-order valence-corrected chi connectivity index (χ3v) is 4.24. The van der Waals surface area contributed by atoms with E-state index in [4.69, 9.17) is 4.74 Å². The van der Waals surface area contributed by atoms with E-state index in [0.717, 1.165) is 58.7 Å². The van der Waals surface area contributed by atoms with Gasteiger partial charge in [0.15, 0.2) is 0 Å². The van der Waals surface area contributed by atoms with Crippen LogP contribution in [0.1, 0.15) is 19.3 Å². The van der Waals surface area contributed by atoms with E-state index in [2.05, 4.69) is 29.2 Å². The first-order chi connectivity index (χ1) is 10.1. The van der Waals surface area contributed by atoms with E-state index in [1.54, 1.807) is 0 Å². The zero-order valence-electron chi connectivity index (χ0n) is 13.5. The summed E-state index contributed by atoms with van der Waals surface area (Å²) in [5.41, 5.74) is 0. The number of nitrogens with zero attached hydrogens (tertiary/aromatic N) is 3. The Balaban J connectivity index is 1.58. The second-order valence-corrected chi connectivity index (χ2v) is 6.31. The van der Waals surface area contributed by atoms with Gasteiger partial charge in [-0.2, -0.15) is 0 Å². The molecule has 0 aromatic carbocycles. The van der Waals surface area contributed by atoms with Gasteiger partial charge in [0.25, 0.3) is 0 Å². The smallest absolute Gasteiger partial charge is 0.317 e. The molecule has 0 radical (unpaired) electrons. The van der Waals surface area contributed by atoms with Crippen molar-refractivity contribution in [2.24, 2.45) is 0 Å². The maximum Gasteiger partial charge on any atom is 0.317 e. The molecule has 2 aliphatic rings. The largest absolute Gasteiger partial charge is 0.376 e. The third-order valence-electron chi connectivity index (χ3n) is 4.24. The first-order valence-electron chi connectivity index (χ1n) is 8.16. The van der Waals surface area contributed by atoms with Crippen molar-refractivity contribution in [3.8, 4) is 0 Å². The van der Waals surface area contributed by atoms with Crippen molar-refractivity contribution in [1.82, 2.24) is 20.0 Å². The second kappa shape index (κ2) is 8.56. The highest BCUT2D eigenvalue weighted by atomic mass is 16.5. The summed E-state index contributed by atoms with van der Waals surface area (Å²) in [6, 6.07) is 0.0680. The van der Waals surface area contributed by atoms with E-state index < -0.39 is 0 Å². The number of amides is 2. The van der Waals surface area contributed by atoms with Crippen molar-refractivity contribution in [2.75, 3.05) is 66.5 Å². The molecule has 2 amide bonds. The zero-order chi connectivity index (χ0) is 15.1. The molecule has 0 aromatic rings. The van der Waals surface area contributed by atoms with Crippen molar-refractivity contribution < 1.29 is 9.53 Å². The Morgan fingerprint density at radius 2 is 2.05 bits per heavy atom. The minimum absolute atomic E-state index is 0.0680. The van der Waals surface area contributed by atoms with Crippen molar-refractivity contribution in [3.63, 3.8) is 0 Å². The molecule has 0 aliphatic carbocycles. The lowest BCUT2D eigenvalue weighted by molar-refractivity contribution is 0.104. The predicted octanol–water partition coefficient (Wildman–Crippen LogP) is 0.444. The fourth-order valence-corrected chi connectivity index (χ4v) is 2.90. The molecule has 6 nitrogen and oxygen atoms in total. The Labute approximate surface area is 128 Å². The number of hydrogen-bond donors (Lipinski definition) is 1. The van der Waals surface area contributed by atoms with Crippen LogP contribution in [0.5, 0.6) is 0 Å². The molecule has 0 bridgehead atoms. The molecule has 2 aliphatic heterocycles. The Morgan fingerprint density at radius 3 is 2.67 bits per heavy atom. The number of ether oxygens (including phenoxy) is 1. The maximum absolute atomic E-state index is 12.1. The molecule has 2 heterocycles. The fraction of sp³-hybridized carbons (Fsp3) is 0.933. The van der Waals surface area contributed by atoms with Gasteiger partial charge in [-0.15, -0.1) is 0 Å². The topological polar surface area (TPSA) is 48.0 Å². The molecule has 1 unspecified atom stereocenters. The van der Waals surface area contributed by atoms with Crippen LogP contribution in [0.3, 0.4) is 0 Å². The van der Waals surface area contributed by atoms with Gasteiger partial charge in [0.2, 0.25) is 0 Å². The van der Waals surface area contributed by atoms with Crippen LogP contribution in [0.15, 0.2) is 0 Å². The Morgan fingerprint density at radius 1 is 1.29 bits per heavy atom. The molecule has 6 heteroatoms. The second-order valence-electron chi connectivity index (χ2n) is 6.31. The molecule has 122 valence electrons. The number of nitrogens with one attached hydrogen (secondary N) is 1. The van der Waals surface area contributed by atoms with Crippen molar-refractivity contribution in [3.05, 3.63) is 0 Å². The normalized spacial score (nSPS) is 23.8. The number of urea groups is 1. The minimum atomic E-state index is 0.0680. The lowest BCUT2D eigenvalue weighted by Gasteiger charge is -2.35. The first-order valence-corrected chi connectivity index (χ1v) is 8.16. The van der Waals surface area contributed by atoms with E-state index >= 15 is 0 Å². The summed E-state index contributed by atoms with van der Waals surface area (Å²) in [6.45, 7) is 7.39. The Bertz CT molecular complexity index is 311. The van der Waals surface area contributed by atoms with Gasteiger partial charge in [-0.1, -0.05) is 0 Å². The van der Waals surface area contributed by atoms with E-state index in [0.29, 0.717) is 6.54 Å². The van der Waals surface area contributed by atoms with Crippen LogP contribution >= 0.6 is 0 Å². The average Bonchev–Trinajstić information content (AvgIpc) is 2.98. The lowest BCUT2D eigenvalue weighted by Crippen LogP contribution is -2.52. The lowest BCUT2D eigenvalue weighted by atomic mass is 10.2. The average molecular weight is 298 g/mol. The number of carbonyl (C=O) groups is 1. The highest BCUT2D eigenvalue weighted by molar-refractivity contribution is 5.74. The monoisotopic (exact) mass is 298 g/mol. The summed E-state index contributed by atoms with van der Waals surface area (Å²) < 4.78 is 5.53. The van der Waals surface area contributed by atoms with Crippen LogP contribution in [0, 0.1) is 0 Å². The number of hydrogen-bond acceptors (Lipinski definition) is 4. The molecule has 0 saturated carbocycles. The Kier molecular flexibility index (Phi) is 6.73. The van der Waals surface area contributed by atoms with E-state index in [1.807, 2.05) is 4.90 Å². The molecular weight excluding hydrogens is 268 g/mol. The van der Waals surface area contributed by atoms with Gasteiger partial charge in [0.1, 0.15) is 0 Å². The molecule has 0 aromatic heterocycles. The van der Waals surface area contributed by atoms with Gasteiger partial charge in [-0.05, 0) is 46.4 Å². The Hall–Kier alpha value is -0.850. The first kappa shape index (κ1) is 16.5. The zero-order valence-corrected chi connectivity index (χ0v) is 13.5. The molecule has 0 spiro atoms. The van der Waals surface area contributed by atoms with Crippen molar-refractivity contribution in [1.29, 1.82) is 0 Å². The van der Waals surface area contributed by atoms with Crippen LogP contribution in [-0.2, 0) is 4.74 Å². The fourth-order valence-electron chi connectivity index (χ4n) is 2.90. The van der Waals surface area contributed by atoms with Crippen molar-refractivity contribution in [2.45, 2.75) is 25.4 Å². The molecule has 21 heavy (non-hydrogen) atoms. The van der Waals surface area contributed by atoms with Gasteiger partial charge in [-0.25, -0.2) is 4.79 Å². The van der Waals surface area contributed by atoms with Crippen LogP contribution in [0.2, 0.25) is 0 Å². The molecule has 1 atom stereocenters. The highest BCUT2D eigenvalue weighted by Crippen LogP contribution is 2.11. The van der Waals surface area contributed by atoms with Crippen molar-refractivity contribution >= 4 is 6.03 Å². The van der Waals surface area contributed by atoms with E-state index in [-0.39, 0.29) is 12.1 Å². The molecule has 2 saturated heterocycles. The number of carbonyl (C=O) groups excluding carboxylic acids is 1. The SMILES string of the molecule is CN(C)CCCN1CCN(C(=O)NCC2CCCO2)CC1. The number of piperazine rings is 1. The number of rotatable bonds is 6. The molecule has 2 fully saturated rings. The van der Waals surface area contributed by atoms with Crippen LogP contribution < -0.4 is 5.32 Å². The molecular formula is C15H30N4O2. The van der Waals surface area contributed by atoms with Gasteiger partial charge < -0.3 is 19.9 Å². The van der Waals surface area contributed by atoms with Crippen LogP contribution in [0.4, 0.5) is 4.79 Å². The van der Waals surface area contributed by atoms with Crippen LogP contribution in [-0.4, -0.2) is 93.4 Å². The van der Waals surface area contributed by atoms with E-state index in [9.17, 15) is 4.79 Å².